The third-order valence-electron chi connectivity index (χ3n) is 6.21. The Bertz CT molecular complexity index is 931. The van der Waals surface area contributed by atoms with Gasteiger partial charge in [0.2, 0.25) is 0 Å². The van der Waals surface area contributed by atoms with Gasteiger partial charge in [0.25, 0.3) is 17.5 Å². The highest BCUT2D eigenvalue weighted by Gasteiger charge is 2.46. The van der Waals surface area contributed by atoms with Crippen molar-refractivity contribution in [2.75, 3.05) is 0 Å². The number of allylic oxidation sites excluding steroid dienone is 6. The molecular weight excluding hydrogens is 428 g/mol. The minimum Gasteiger partial charge on any atom is -0.480 e. The largest absolute Gasteiger partial charge is 0.480 e. The highest BCUT2D eigenvalue weighted by Crippen LogP contribution is 2.39. The number of aliphatic hydroxyl groups excluding tert-OH is 1. The van der Waals surface area contributed by atoms with Crippen LogP contribution in [-0.2, 0) is 33.3 Å². The lowest BCUT2D eigenvalue weighted by Crippen LogP contribution is -2.47. The van der Waals surface area contributed by atoms with E-state index < -0.39 is 35.4 Å². The second-order valence-corrected chi connectivity index (χ2v) is 8.64. The van der Waals surface area contributed by atoms with Crippen molar-refractivity contribution in [3.63, 3.8) is 0 Å². The summed E-state index contributed by atoms with van der Waals surface area (Å²) in [5, 5.41) is 10.2. The van der Waals surface area contributed by atoms with Crippen molar-refractivity contribution in [1.82, 2.24) is 0 Å². The Morgan fingerprint density at radius 2 is 1.09 bits per heavy atom. The van der Waals surface area contributed by atoms with E-state index >= 15 is 0 Å². The van der Waals surface area contributed by atoms with Gasteiger partial charge in [-0.05, 0) is 37.8 Å². The van der Waals surface area contributed by atoms with Crippen LogP contribution in [0.2, 0.25) is 0 Å². The molecule has 4 aliphatic rings. The van der Waals surface area contributed by atoms with E-state index in [4.69, 9.17) is 18.9 Å². The van der Waals surface area contributed by atoms with Crippen molar-refractivity contribution in [2.24, 2.45) is 0 Å². The van der Waals surface area contributed by atoms with Gasteiger partial charge in [-0.2, -0.15) is 0 Å². The number of aliphatic hydroxyl groups is 1. The summed E-state index contributed by atoms with van der Waals surface area (Å²) in [7, 11) is 0. The maximum absolute atomic E-state index is 12.3. The Morgan fingerprint density at radius 1 is 0.606 bits per heavy atom. The van der Waals surface area contributed by atoms with Gasteiger partial charge in [-0.1, -0.05) is 43.2 Å². The molecular formula is C25H28O8. The van der Waals surface area contributed by atoms with Crippen LogP contribution in [0.25, 0.3) is 0 Å². The lowest BCUT2D eigenvalue weighted by molar-refractivity contribution is -0.249. The zero-order valence-corrected chi connectivity index (χ0v) is 18.4. The first-order chi connectivity index (χ1) is 15.9. The second-order valence-electron chi connectivity index (χ2n) is 8.64. The minimum absolute atomic E-state index is 0.0497. The lowest BCUT2D eigenvalue weighted by atomic mass is 9.93. The van der Waals surface area contributed by atoms with Crippen molar-refractivity contribution in [3.05, 3.63) is 59.6 Å². The van der Waals surface area contributed by atoms with Crippen LogP contribution in [-0.4, -0.2) is 34.6 Å². The predicted molar refractivity (Wildman–Crippen MR) is 116 cm³/mol. The van der Waals surface area contributed by atoms with Crippen LogP contribution in [0.3, 0.4) is 0 Å². The van der Waals surface area contributed by atoms with Gasteiger partial charge < -0.3 is 24.1 Å². The molecule has 0 bridgehead atoms. The summed E-state index contributed by atoms with van der Waals surface area (Å²) in [6.07, 6.45) is 18.4. The third kappa shape index (κ3) is 5.21. The van der Waals surface area contributed by atoms with Crippen LogP contribution in [0.5, 0.6) is 0 Å². The third-order valence-corrected chi connectivity index (χ3v) is 6.21. The standard InChI is InChI=1S/C25H28O8/c26-20-18(21(27)31-24(30-20)14-8-4-9-15-24)12-6-2-1-3-7-13-19-22(28)32-25(33-23(19)29)16-10-5-11-17-25/h1-3,6-7,12-13,26H,4-5,8-11,14-17H2/b2-1+,7-3+,12-6+. The molecule has 2 spiro atoms. The van der Waals surface area contributed by atoms with Gasteiger partial charge in [0.15, 0.2) is 0 Å². The molecule has 3 fully saturated rings. The van der Waals surface area contributed by atoms with Crippen molar-refractivity contribution in [3.8, 4) is 0 Å². The maximum Gasteiger partial charge on any atom is 0.348 e. The monoisotopic (exact) mass is 456 g/mol. The molecule has 176 valence electrons. The van der Waals surface area contributed by atoms with Crippen LogP contribution in [0.1, 0.15) is 64.2 Å². The van der Waals surface area contributed by atoms with E-state index in [-0.39, 0.29) is 11.1 Å². The fraction of sp³-hybridized carbons (Fsp3) is 0.480. The Balaban J connectivity index is 1.32. The molecule has 2 saturated carbocycles. The maximum atomic E-state index is 12.3. The molecule has 0 unspecified atom stereocenters. The van der Waals surface area contributed by atoms with E-state index in [1.807, 2.05) is 0 Å². The smallest absolute Gasteiger partial charge is 0.348 e. The summed E-state index contributed by atoms with van der Waals surface area (Å²) in [4.78, 5) is 36.8. The number of hydrogen-bond acceptors (Lipinski definition) is 8. The molecule has 33 heavy (non-hydrogen) atoms. The minimum atomic E-state index is -1.10. The van der Waals surface area contributed by atoms with Crippen molar-refractivity contribution < 1.29 is 38.4 Å². The number of hydrogen-bond donors (Lipinski definition) is 1. The highest BCUT2D eigenvalue weighted by atomic mass is 16.8. The normalized spacial score (nSPS) is 25.0. The topological polar surface area (TPSA) is 108 Å². The Labute approximate surface area is 192 Å². The van der Waals surface area contributed by atoms with E-state index in [0.717, 1.165) is 38.5 Å². The molecule has 0 aromatic rings. The van der Waals surface area contributed by atoms with E-state index in [1.54, 1.807) is 24.3 Å². The van der Waals surface area contributed by atoms with Gasteiger partial charge in [-0.15, -0.1) is 0 Å². The number of rotatable bonds is 4. The van der Waals surface area contributed by atoms with Crippen LogP contribution >= 0.6 is 0 Å². The summed E-state index contributed by atoms with van der Waals surface area (Å²) in [5.41, 5.74) is -0.202. The zero-order valence-electron chi connectivity index (χ0n) is 18.4. The molecule has 0 atom stereocenters. The molecule has 2 aliphatic carbocycles. The zero-order chi connectivity index (χ0) is 23.3. The van der Waals surface area contributed by atoms with Gasteiger partial charge in [-0.25, -0.2) is 14.4 Å². The van der Waals surface area contributed by atoms with Crippen LogP contribution in [0.15, 0.2) is 59.6 Å². The highest BCUT2D eigenvalue weighted by molar-refractivity contribution is 6.15. The molecule has 1 saturated heterocycles. The van der Waals surface area contributed by atoms with Crippen molar-refractivity contribution in [2.45, 2.75) is 75.8 Å². The van der Waals surface area contributed by atoms with Crippen LogP contribution in [0.4, 0.5) is 0 Å². The summed E-state index contributed by atoms with van der Waals surface area (Å²) in [5.74, 6) is -4.52. The van der Waals surface area contributed by atoms with E-state index in [2.05, 4.69) is 0 Å². The Morgan fingerprint density at radius 3 is 1.67 bits per heavy atom. The van der Waals surface area contributed by atoms with Gasteiger partial charge in [-0.3, -0.25) is 0 Å². The summed E-state index contributed by atoms with van der Waals surface area (Å²) < 4.78 is 21.8. The van der Waals surface area contributed by atoms with Gasteiger partial charge in [0.05, 0.1) is 0 Å². The van der Waals surface area contributed by atoms with E-state index in [9.17, 15) is 19.5 Å². The number of esters is 3. The van der Waals surface area contributed by atoms with Gasteiger partial charge in [0.1, 0.15) is 11.1 Å². The number of ether oxygens (including phenoxy) is 4. The molecule has 8 heteroatoms. The van der Waals surface area contributed by atoms with Crippen LogP contribution < -0.4 is 0 Å². The molecule has 4 rings (SSSR count). The Hall–Kier alpha value is -3.29. The SMILES string of the molecule is O=C1OC2(CCCCC2)OC(=O)C1=C/C=C/C=C/C=C/C1=C(O)OC2(CCCCC2)OC1=O. The first kappa shape index (κ1) is 22.9. The molecule has 1 N–H and O–H groups in total. The molecule has 8 nitrogen and oxygen atoms in total. The molecule has 2 heterocycles. The molecule has 0 aromatic carbocycles. The van der Waals surface area contributed by atoms with Crippen molar-refractivity contribution >= 4 is 17.9 Å². The molecule has 2 aliphatic heterocycles. The summed E-state index contributed by atoms with van der Waals surface area (Å²) in [6, 6.07) is 0. The van der Waals surface area contributed by atoms with Gasteiger partial charge in [0, 0.05) is 25.7 Å². The molecule has 0 amide bonds. The Kier molecular flexibility index (Phi) is 6.72. The van der Waals surface area contributed by atoms with Crippen molar-refractivity contribution in [1.29, 1.82) is 0 Å². The first-order valence-corrected chi connectivity index (χ1v) is 11.5. The summed E-state index contributed by atoms with van der Waals surface area (Å²) in [6.45, 7) is 0. The number of carbonyl (C=O) groups excluding carboxylic acids is 3. The quantitative estimate of drug-likeness (QED) is 0.288. The average Bonchev–Trinajstić information content (AvgIpc) is 2.77. The van der Waals surface area contributed by atoms with Gasteiger partial charge >= 0.3 is 17.9 Å². The lowest BCUT2D eigenvalue weighted by Gasteiger charge is -2.38. The molecule has 0 aromatic heterocycles. The molecule has 0 radical (unpaired) electrons. The second kappa shape index (κ2) is 9.68. The van der Waals surface area contributed by atoms with Crippen LogP contribution in [0, 0.1) is 0 Å². The fourth-order valence-corrected chi connectivity index (χ4v) is 4.48. The van der Waals surface area contributed by atoms with E-state index in [0.29, 0.717) is 25.7 Å². The average molecular weight is 456 g/mol. The van der Waals surface area contributed by atoms with E-state index in [1.165, 1.54) is 18.2 Å². The fourth-order valence-electron chi connectivity index (χ4n) is 4.48. The first-order valence-electron chi connectivity index (χ1n) is 11.5. The summed E-state index contributed by atoms with van der Waals surface area (Å²) >= 11 is 0. The number of carbonyl (C=O) groups is 3. The predicted octanol–water partition coefficient (Wildman–Crippen LogP) is 4.35.